The summed E-state index contributed by atoms with van der Waals surface area (Å²) in [7, 11) is -3.14. The molecule has 1 unspecified atom stereocenters. The summed E-state index contributed by atoms with van der Waals surface area (Å²) >= 11 is 0. The van der Waals surface area contributed by atoms with Crippen LogP contribution in [0.2, 0.25) is 0 Å². The molecule has 0 heterocycles. The summed E-state index contributed by atoms with van der Waals surface area (Å²) in [5, 5.41) is 3.24. The molecule has 1 atom stereocenters. The normalized spacial score (nSPS) is 18.9. The standard InChI is InChI=1S/C12H17FN2O2S/c1-18(16,17)15-8-7-14-12-6-5-9-10(12)3-2-4-11(9)13/h2-4,12,14-15H,5-8H2,1H3. The van der Waals surface area contributed by atoms with E-state index in [1.54, 1.807) is 6.07 Å². The number of fused-ring (bicyclic) bond motifs is 1. The molecule has 0 radical (unpaired) electrons. The predicted molar refractivity (Wildman–Crippen MR) is 68.3 cm³/mol. The van der Waals surface area contributed by atoms with E-state index >= 15 is 0 Å². The fourth-order valence-corrected chi connectivity index (χ4v) is 2.78. The van der Waals surface area contributed by atoms with Crippen molar-refractivity contribution in [2.45, 2.75) is 18.9 Å². The van der Waals surface area contributed by atoms with E-state index in [4.69, 9.17) is 0 Å². The van der Waals surface area contributed by atoms with Gasteiger partial charge in [-0.2, -0.15) is 0 Å². The van der Waals surface area contributed by atoms with Crippen LogP contribution in [0.5, 0.6) is 0 Å². The van der Waals surface area contributed by atoms with Crippen molar-refractivity contribution in [3.63, 3.8) is 0 Å². The van der Waals surface area contributed by atoms with Gasteiger partial charge in [-0.3, -0.25) is 0 Å². The van der Waals surface area contributed by atoms with E-state index in [0.717, 1.165) is 30.2 Å². The molecule has 0 saturated carbocycles. The lowest BCUT2D eigenvalue weighted by atomic mass is 10.1. The molecule has 4 nitrogen and oxygen atoms in total. The second kappa shape index (κ2) is 5.34. The molecule has 1 aliphatic carbocycles. The highest BCUT2D eigenvalue weighted by molar-refractivity contribution is 7.88. The van der Waals surface area contributed by atoms with Crippen molar-refractivity contribution in [3.8, 4) is 0 Å². The fourth-order valence-electron chi connectivity index (χ4n) is 2.30. The minimum absolute atomic E-state index is 0.122. The minimum Gasteiger partial charge on any atom is -0.309 e. The molecule has 2 rings (SSSR count). The van der Waals surface area contributed by atoms with E-state index in [1.807, 2.05) is 6.07 Å². The van der Waals surface area contributed by atoms with Crippen molar-refractivity contribution < 1.29 is 12.8 Å². The molecule has 2 N–H and O–H groups in total. The van der Waals surface area contributed by atoms with Gasteiger partial charge in [0.05, 0.1) is 6.26 Å². The summed E-state index contributed by atoms with van der Waals surface area (Å²) in [4.78, 5) is 0. The van der Waals surface area contributed by atoms with Crippen molar-refractivity contribution in [1.82, 2.24) is 10.0 Å². The second-order valence-corrected chi connectivity index (χ2v) is 6.35. The van der Waals surface area contributed by atoms with Crippen LogP contribution < -0.4 is 10.0 Å². The Hall–Kier alpha value is -0.980. The summed E-state index contributed by atoms with van der Waals surface area (Å²) in [6.45, 7) is 0.883. The van der Waals surface area contributed by atoms with E-state index in [0.29, 0.717) is 13.1 Å². The molecule has 0 fully saturated rings. The van der Waals surface area contributed by atoms with Crippen LogP contribution in [0.4, 0.5) is 4.39 Å². The highest BCUT2D eigenvalue weighted by Gasteiger charge is 2.23. The molecular formula is C12H17FN2O2S. The summed E-state index contributed by atoms with van der Waals surface area (Å²) in [6.07, 6.45) is 2.72. The van der Waals surface area contributed by atoms with Crippen LogP contribution in [0.1, 0.15) is 23.6 Å². The smallest absolute Gasteiger partial charge is 0.208 e. The molecule has 0 aromatic heterocycles. The quantitative estimate of drug-likeness (QED) is 0.785. The van der Waals surface area contributed by atoms with Gasteiger partial charge in [0.15, 0.2) is 0 Å². The maximum absolute atomic E-state index is 13.5. The maximum atomic E-state index is 13.5. The van der Waals surface area contributed by atoms with Gasteiger partial charge >= 0.3 is 0 Å². The number of nitrogens with one attached hydrogen (secondary N) is 2. The third kappa shape index (κ3) is 3.28. The molecule has 1 aromatic carbocycles. The van der Waals surface area contributed by atoms with Crippen molar-refractivity contribution in [2.24, 2.45) is 0 Å². The number of sulfonamides is 1. The van der Waals surface area contributed by atoms with Gasteiger partial charge in [0, 0.05) is 19.1 Å². The summed E-state index contributed by atoms with van der Waals surface area (Å²) in [5.41, 5.74) is 1.78. The first kappa shape index (κ1) is 13.5. The van der Waals surface area contributed by atoms with Crippen LogP contribution in [0.25, 0.3) is 0 Å². The number of halogens is 1. The molecule has 0 amide bonds. The zero-order valence-corrected chi connectivity index (χ0v) is 11.1. The van der Waals surface area contributed by atoms with Gasteiger partial charge in [0.25, 0.3) is 0 Å². The van der Waals surface area contributed by atoms with E-state index in [1.165, 1.54) is 6.07 Å². The van der Waals surface area contributed by atoms with Crippen LogP contribution in [0.3, 0.4) is 0 Å². The lowest BCUT2D eigenvalue weighted by Crippen LogP contribution is -2.32. The largest absolute Gasteiger partial charge is 0.309 e. The Bertz CT molecular complexity index is 531. The molecular weight excluding hydrogens is 255 g/mol. The van der Waals surface area contributed by atoms with E-state index < -0.39 is 10.0 Å². The van der Waals surface area contributed by atoms with Crippen LogP contribution in [-0.4, -0.2) is 27.8 Å². The van der Waals surface area contributed by atoms with Gasteiger partial charge < -0.3 is 5.32 Å². The first-order valence-electron chi connectivity index (χ1n) is 5.92. The van der Waals surface area contributed by atoms with Crippen LogP contribution in [0, 0.1) is 5.82 Å². The van der Waals surface area contributed by atoms with Crippen molar-refractivity contribution in [3.05, 3.63) is 35.1 Å². The number of hydrogen-bond donors (Lipinski definition) is 2. The van der Waals surface area contributed by atoms with Crippen molar-refractivity contribution >= 4 is 10.0 Å². The van der Waals surface area contributed by atoms with E-state index in [-0.39, 0.29) is 11.9 Å². The van der Waals surface area contributed by atoms with Crippen molar-refractivity contribution in [1.29, 1.82) is 0 Å². The van der Waals surface area contributed by atoms with Crippen LogP contribution >= 0.6 is 0 Å². The predicted octanol–water partition coefficient (Wildman–Crippen LogP) is 0.952. The van der Waals surface area contributed by atoms with Gasteiger partial charge in [0.2, 0.25) is 10.0 Å². The average molecular weight is 272 g/mol. The van der Waals surface area contributed by atoms with Gasteiger partial charge in [-0.05, 0) is 30.0 Å². The number of rotatable bonds is 5. The average Bonchev–Trinajstić information content (AvgIpc) is 2.68. The Morgan fingerprint density at radius 1 is 1.39 bits per heavy atom. The molecule has 0 aliphatic heterocycles. The summed E-state index contributed by atoms with van der Waals surface area (Å²) in [6, 6.07) is 5.24. The second-order valence-electron chi connectivity index (χ2n) is 4.52. The zero-order chi connectivity index (χ0) is 13.2. The molecule has 1 aliphatic rings. The minimum atomic E-state index is -3.14. The Kier molecular flexibility index (Phi) is 3.99. The van der Waals surface area contributed by atoms with Gasteiger partial charge in [-0.25, -0.2) is 17.5 Å². The topological polar surface area (TPSA) is 58.2 Å². The lowest BCUT2D eigenvalue weighted by molar-refractivity contribution is 0.526. The zero-order valence-electron chi connectivity index (χ0n) is 10.2. The summed E-state index contributed by atoms with van der Waals surface area (Å²) in [5.74, 6) is -0.147. The third-order valence-corrected chi connectivity index (χ3v) is 3.82. The van der Waals surface area contributed by atoms with E-state index in [2.05, 4.69) is 10.0 Å². The molecule has 18 heavy (non-hydrogen) atoms. The molecule has 0 bridgehead atoms. The fraction of sp³-hybridized carbons (Fsp3) is 0.500. The Morgan fingerprint density at radius 2 is 2.17 bits per heavy atom. The van der Waals surface area contributed by atoms with Crippen molar-refractivity contribution in [2.75, 3.05) is 19.3 Å². The molecule has 0 saturated heterocycles. The highest BCUT2D eigenvalue weighted by atomic mass is 32.2. The Morgan fingerprint density at radius 3 is 2.89 bits per heavy atom. The van der Waals surface area contributed by atoms with Gasteiger partial charge in [0.1, 0.15) is 5.82 Å². The Labute approximate surface area is 107 Å². The van der Waals surface area contributed by atoms with Crippen LogP contribution in [-0.2, 0) is 16.4 Å². The Balaban J connectivity index is 1.89. The van der Waals surface area contributed by atoms with Gasteiger partial charge in [-0.1, -0.05) is 12.1 Å². The SMILES string of the molecule is CS(=O)(=O)NCCNC1CCc2c(F)cccc21. The van der Waals surface area contributed by atoms with E-state index in [9.17, 15) is 12.8 Å². The molecule has 6 heteroatoms. The first-order valence-corrected chi connectivity index (χ1v) is 7.82. The molecule has 100 valence electrons. The number of benzene rings is 1. The van der Waals surface area contributed by atoms with Gasteiger partial charge in [-0.15, -0.1) is 0 Å². The number of hydrogen-bond acceptors (Lipinski definition) is 3. The lowest BCUT2D eigenvalue weighted by Gasteiger charge is -2.14. The first-order chi connectivity index (χ1) is 8.47. The maximum Gasteiger partial charge on any atom is 0.208 e. The molecule has 1 aromatic rings. The highest BCUT2D eigenvalue weighted by Crippen LogP contribution is 2.32. The molecule has 0 spiro atoms. The summed E-state index contributed by atoms with van der Waals surface area (Å²) < 4.78 is 37.7. The monoisotopic (exact) mass is 272 g/mol. The third-order valence-electron chi connectivity index (χ3n) is 3.09. The van der Waals surface area contributed by atoms with Crippen LogP contribution in [0.15, 0.2) is 18.2 Å².